The van der Waals surface area contributed by atoms with Crippen LogP contribution in [0.2, 0.25) is 0 Å². The van der Waals surface area contributed by atoms with Gasteiger partial charge in [0.15, 0.2) is 0 Å². The summed E-state index contributed by atoms with van der Waals surface area (Å²) in [5, 5.41) is 2.07. The van der Waals surface area contributed by atoms with Crippen molar-refractivity contribution < 1.29 is 4.74 Å². The molecule has 1 unspecified atom stereocenters. The van der Waals surface area contributed by atoms with Crippen LogP contribution in [0.1, 0.15) is 34.6 Å². The zero-order chi connectivity index (χ0) is 12.7. The third-order valence-electron chi connectivity index (χ3n) is 3.24. The first-order valence-electron chi connectivity index (χ1n) is 5.91. The largest absolute Gasteiger partial charge is 0.484 e. The maximum atomic E-state index is 6.27. The minimum absolute atomic E-state index is 0.0487. The number of thiophene rings is 1. The van der Waals surface area contributed by atoms with Crippen LogP contribution >= 0.6 is 27.3 Å². The third kappa shape index (κ3) is 2.09. The van der Waals surface area contributed by atoms with Crippen molar-refractivity contribution in [2.24, 2.45) is 5.73 Å². The number of aryl methyl sites for hydroxylation is 1. The van der Waals surface area contributed by atoms with Gasteiger partial charge in [-0.1, -0.05) is 17.7 Å². The van der Waals surface area contributed by atoms with Gasteiger partial charge >= 0.3 is 0 Å². The monoisotopic (exact) mass is 323 g/mol. The lowest BCUT2D eigenvalue weighted by molar-refractivity contribution is 0.164. The first-order valence-corrected chi connectivity index (χ1v) is 7.58. The number of benzene rings is 1. The quantitative estimate of drug-likeness (QED) is 0.847. The summed E-state index contributed by atoms with van der Waals surface area (Å²) in [5.74, 6) is 0.921. The fourth-order valence-corrected chi connectivity index (χ4v) is 3.99. The topological polar surface area (TPSA) is 35.2 Å². The molecule has 1 aromatic carbocycles. The molecule has 0 radical (unpaired) electrons. The van der Waals surface area contributed by atoms with E-state index in [1.54, 1.807) is 11.3 Å². The smallest absolute Gasteiger partial charge is 0.136 e. The van der Waals surface area contributed by atoms with Gasteiger partial charge in [-0.25, -0.2) is 0 Å². The first-order chi connectivity index (χ1) is 8.65. The molecule has 0 amide bonds. The van der Waals surface area contributed by atoms with Crippen molar-refractivity contribution >= 4 is 27.3 Å². The van der Waals surface area contributed by atoms with Crippen molar-refractivity contribution in [3.05, 3.63) is 50.1 Å². The summed E-state index contributed by atoms with van der Waals surface area (Å²) in [5.41, 5.74) is 8.62. The van der Waals surface area contributed by atoms with Gasteiger partial charge in [-0.15, -0.1) is 11.3 Å². The summed E-state index contributed by atoms with van der Waals surface area (Å²) in [6.45, 7) is 2.08. The molecule has 94 valence electrons. The van der Waals surface area contributed by atoms with Crippen molar-refractivity contribution in [3.63, 3.8) is 0 Å². The average molecular weight is 324 g/mol. The minimum atomic E-state index is 0.0487. The standard InChI is InChI=1S/C14H14BrNOS/c1-8-2-3-12-9(6-8)11(16)7-13(17-12)14-10(15)4-5-18-14/h2-6,11,13H,7,16H2,1H3/t11-,13?/m1/s1. The van der Waals surface area contributed by atoms with Gasteiger partial charge in [-0.05, 0) is 40.4 Å². The SMILES string of the molecule is Cc1ccc2c(c1)[C@H](N)CC(c1sccc1Br)O2. The molecule has 0 saturated heterocycles. The van der Waals surface area contributed by atoms with E-state index >= 15 is 0 Å². The van der Waals surface area contributed by atoms with E-state index in [1.807, 2.05) is 6.07 Å². The fourth-order valence-electron chi connectivity index (χ4n) is 2.32. The number of halogens is 1. The van der Waals surface area contributed by atoms with E-state index in [9.17, 15) is 0 Å². The van der Waals surface area contributed by atoms with Gasteiger partial charge in [0.1, 0.15) is 11.9 Å². The molecule has 3 rings (SSSR count). The Hall–Kier alpha value is -0.840. The molecule has 2 atom stereocenters. The number of hydrogen-bond donors (Lipinski definition) is 1. The normalized spacial score (nSPS) is 22.4. The molecule has 1 aromatic heterocycles. The second-order valence-electron chi connectivity index (χ2n) is 4.62. The first kappa shape index (κ1) is 12.2. The number of fused-ring (bicyclic) bond motifs is 1. The maximum absolute atomic E-state index is 6.27. The maximum Gasteiger partial charge on any atom is 0.136 e. The van der Waals surface area contributed by atoms with Gasteiger partial charge in [0.2, 0.25) is 0 Å². The number of hydrogen-bond acceptors (Lipinski definition) is 3. The van der Waals surface area contributed by atoms with Gasteiger partial charge in [0.25, 0.3) is 0 Å². The van der Waals surface area contributed by atoms with Crippen molar-refractivity contribution in [1.29, 1.82) is 0 Å². The number of rotatable bonds is 1. The summed E-state index contributed by atoms with van der Waals surface area (Å²) in [6.07, 6.45) is 0.889. The highest BCUT2D eigenvalue weighted by Crippen LogP contribution is 2.43. The lowest BCUT2D eigenvalue weighted by atomic mass is 9.95. The minimum Gasteiger partial charge on any atom is -0.484 e. The molecule has 0 bridgehead atoms. The third-order valence-corrected chi connectivity index (χ3v) is 5.20. The zero-order valence-corrected chi connectivity index (χ0v) is 12.4. The van der Waals surface area contributed by atoms with Crippen LogP contribution in [0, 0.1) is 6.92 Å². The van der Waals surface area contributed by atoms with E-state index in [1.165, 1.54) is 10.4 Å². The van der Waals surface area contributed by atoms with E-state index in [0.29, 0.717) is 0 Å². The van der Waals surface area contributed by atoms with Crippen LogP contribution in [0.25, 0.3) is 0 Å². The zero-order valence-electron chi connectivity index (χ0n) is 10.0. The van der Waals surface area contributed by atoms with Gasteiger partial charge < -0.3 is 10.5 Å². The molecule has 0 fully saturated rings. The molecule has 1 aliphatic heterocycles. The Morgan fingerprint density at radius 3 is 2.94 bits per heavy atom. The second-order valence-corrected chi connectivity index (χ2v) is 6.42. The summed E-state index contributed by atoms with van der Waals surface area (Å²) in [4.78, 5) is 1.22. The lowest BCUT2D eigenvalue weighted by Gasteiger charge is -2.30. The van der Waals surface area contributed by atoms with Gasteiger partial charge in [-0.3, -0.25) is 0 Å². The Morgan fingerprint density at radius 1 is 1.39 bits per heavy atom. The Balaban J connectivity index is 1.97. The van der Waals surface area contributed by atoms with Gasteiger partial charge in [-0.2, -0.15) is 0 Å². The highest BCUT2D eigenvalue weighted by Gasteiger charge is 2.28. The molecule has 2 N–H and O–H groups in total. The van der Waals surface area contributed by atoms with Crippen LogP contribution in [-0.4, -0.2) is 0 Å². The summed E-state index contributed by atoms with van der Waals surface area (Å²) < 4.78 is 7.19. The van der Waals surface area contributed by atoms with E-state index in [2.05, 4.69) is 46.4 Å². The van der Waals surface area contributed by atoms with E-state index < -0.39 is 0 Å². The number of ether oxygens (including phenoxy) is 1. The summed E-state index contributed by atoms with van der Waals surface area (Å²) in [6, 6.07) is 8.32. The van der Waals surface area contributed by atoms with Gasteiger partial charge in [0.05, 0.1) is 4.88 Å². The van der Waals surface area contributed by atoms with Crippen LogP contribution in [0.4, 0.5) is 0 Å². The van der Waals surface area contributed by atoms with Crippen LogP contribution in [0.5, 0.6) is 5.75 Å². The molecule has 1 aliphatic rings. The van der Waals surface area contributed by atoms with Crippen LogP contribution in [0.15, 0.2) is 34.1 Å². The lowest BCUT2D eigenvalue weighted by Crippen LogP contribution is -2.23. The van der Waals surface area contributed by atoms with Crippen molar-refractivity contribution in [2.45, 2.75) is 25.5 Å². The second kappa shape index (κ2) is 4.68. The number of nitrogens with two attached hydrogens (primary N) is 1. The highest BCUT2D eigenvalue weighted by molar-refractivity contribution is 9.10. The van der Waals surface area contributed by atoms with E-state index in [4.69, 9.17) is 10.5 Å². The Morgan fingerprint density at radius 2 is 2.22 bits per heavy atom. The van der Waals surface area contributed by atoms with Crippen molar-refractivity contribution in [3.8, 4) is 5.75 Å². The molecular formula is C14H14BrNOS. The van der Waals surface area contributed by atoms with Crippen LogP contribution in [-0.2, 0) is 0 Å². The Labute approximate surface area is 119 Å². The Bertz CT molecular complexity index is 581. The average Bonchev–Trinajstić information content (AvgIpc) is 2.76. The highest BCUT2D eigenvalue weighted by atomic mass is 79.9. The molecule has 2 nitrogen and oxygen atoms in total. The summed E-state index contributed by atoms with van der Waals surface area (Å²) >= 11 is 5.27. The predicted molar refractivity (Wildman–Crippen MR) is 78.1 cm³/mol. The molecular weight excluding hydrogens is 310 g/mol. The molecule has 2 aromatic rings. The molecule has 2 heterocycles. The summed E-state index contributed by atoms with van der Waals surface area (Å²) in [7, 11) is 0. The molecule has 4 heteroatoms. The van der Waals surface area contributed by atoms with E-state index in [0.717, 1.165) is 22.2 Å². The van der Waals surface area contributed by atoms with Crippen LogP contribution < -0.4 is 10.5 Å². The fraction of sp³-hybridized carbons (Fsp3) is 0.286. The Kier molecular flexibility index (Phi) is 3.18. The molecule has 18 heavy (non-hydrogen) atoms. The molecule has 0 saturated carbocycles. The van der Waals surface area contributed by atoms with E-state index in [-0.39, 0.29) is 12.1 Å². The van der Waals surface area contributed by atoms with Gasteiger partial charge in [0, 0.05) is 22.5 Å². The molecule has 0 aliphatic carbocycles. The van der Waals surface area contributed by atoms with Crippen molar-refractivity contribution in [2.75, 3.05) is 0 Å². The molecule has 0 spiro atoms. The van der Waals surface area contributed by atoms with Crippen molar-refractivity contribution in [1.82, 2.24) is 0 Å². The predicted octanol–water partition coefficient (Wildman–Crippen LogP) is 4.34. The van der Waals surface area contributed by atoms with Crippen LogP contribution in [0.3, 0.4) is 0 Å².